The van der Waals surface area contributed by atoms with Gasteiger partial charge in [0.15, 0.2) is 6.04 Å². The van der Waals surface area contributed by atoms with Gasteiger partial charge in [0.1, 0.15) is 0 Å². The zero-order valence-corrected chi connectivity index (χ0v) is 8.72. The van der Waals surface area contributed by atoms with Gasteiger partial charge >= 0.3 is 5.97 Å². The van der Waals surface area contributed by atoms with Crippen LogP contribution in [0.15, 0.2) is 29.5 Å². The highest BCUT2D eigenvalue weighted by Gasteiger charge is 2.17. The van der Waals surface area contributed by atoms with Crippen molar-refractivity contribution in [1.29, 1.82) is 0 Å². The van der Waals surface area contributed by atoms with Crippen molar-refractivity contribution >= 4 is 12.7 Å². The van der Waals surface area contributed by atoms with E-state index < -0.39 is 6.04 Å². The lowest BCUT2D eigenvalue weighted by atomic mass is 10.1. The number of aromatic nitrogens is 1. The van der Waals surface area contributed by atoms with Crippen molar-refractivity contribution in [2.45, 2.75) is 19.4 Å². The summed E-state index contributed by atoms with van der Waals surface area (Å²) in [5.41, 5.74) is 0.996. The lowest BCUT2D eigenvalue weighted by Crippen LogP contribution is -2.23. The lowest BCUT2D eigenvalue weighted by molar-refractivity contribution is -0.144. The number of pyridine rings is 1. The van der Waals surface area contributed by atoms with Crippen molar-refractivity contribution in [1.82, 2.24) is 4.98 Å². The average molecular weight is 206 g/mol. The lowest BCUT2D eigenvalue weighted by Gasteiger charge is -2.10. The third-order valence-corrected chi connectivity index (χ3v) is 1.96. The van der Waals surface area contributed by atoms with Crippen LogP contribution in [0.25, 0.3) is 0 Å². The summed E-state index contributed by atoms with van der Waals surface area (Å²) in [7, 11) is 0. The molecule has 4 heteroatoms. The van der Waals surface area contributed by atoms with Crippen molar-refractivity contribution in [3.63, 3.8) is 0 Å². The van der Waals surface area contributed by atoms with Crippen molar-refractivity contribution in [3.8, 4) is 0 Å². The molecule has 1 heterocycles. The molecule has 4 nitrogen and oxygen atoms in total. The Kier molecular flexibility index (Phi) is 4.47. The van der Waals surface area contributed by atoms with Gasteiger partial charge in [-0.3, -0.25) is 9.98 Å². The topological polar surface area (TPSA) is 51.5 Å². The predicted molar refractivity (Wildman–Crippen MR) is 57.9 cm³/mol. The highest BCUT2D eigenvalue weighted by atomic mass is 16.5. The van der Waals surface area contributed by atoms with E-state index >= 15 is 0 Å². The molecule has 0 fully saturated rings. The number of hydrogen-bond acceptors (Lipinski definition) is 4. The van der Waals surface area contributed by atoms with E-state index in [1.807, 2.05) is 12.1 Å². The Labute approximate surface area is 89.0 Å². The van der Waals surface area contributed by atoms with Gasteiger partial charge in [0.25, 0.3) is 0 Å². The minimum Gasteiger partial charge on any atom is -0.464 e. The fourth-order valence-corrected chi connectivity index (χ4v) is 1.20. The van der Waals surface area contributed by atoms with E-state index in [1.54, 1.807) is 19.3 Å². The van der Waals surface area contributed by atoms with Crippen LogP contribution in [0.2, 0.25) is 0 Å². The van der Waals surface area contributed by atoms with E-state index in [0.717, 1.165) is 5.56 Å². The Bertz CT molecular complexity index is 325. The maximum Gasteiger partial charge on any atom is 0.331 e. The van der Waals surface area contributed by atoms with Crippen molar-refractivity contribution in [2.24, 2.45) is 4.99 Å². The molecule has 1 aromatic rings. The van der Waals surface area contributed by atoms with Gasteiger partial charge in [-0.1, -0.05) is 0 Å². The van der Waals surface area contributed by atoms with Gasteiger partial charge in [-0.25, -0.2) is 4.79 Å². The van der Waals surface area contributed by atoms with E-state index in [-0.39, 0.29) is 5.97 Å². The average Bonchev–Trinajstić information content (AvgIpc) is 2.27. The van der Waals surface area contributed by atoms with E-state index in [0.29, 0.717) is 13.0 Å². The number of nitrogens with zero attached hydrogens (tertiary/aromatic N) is 2. The second kappa shape index (κ2) is 5.90. The van der Waals surface area contributed by atoms with E-state index in [4.69, 9.17) is 4.74 Å². The molecule has 0 saturated carbocycles. The molecule has 15 heavy (non-hydrogen) atoms. The van der Waals surface area contributed by atoms with Crippen LogP contribution in [0.5, 0.6) is 0 Å². The van der Waals surface area contributed by atoms with Gasteiger partial charge in [-0.05, 0) is 31.3 Å². The minimum atomic E-state index is -0.521. The zero-order chi connectivity index (χ0) is 11.1. The van der Waals surface area contributed by atoms with Crippen molar-refractivity contribution in [2.75, 3.05) is 6.61 Å². The first-order valence-corrected chi connectivity index (χ1v) is 4.79. The van der Waals surface area contributed by atoms with Crippen molar-refractivity contribution in [3.05, 3.63) is 30.1 Å². The van der Waals surface area contributed by atoms with Gasteiger partial charge in [0.2, 0.25) is 0 Å². The van der Waals surface area contributed by atoms with Crippen LogP contribution in [-0.4, -0.2) is 30.3 Å². The summed E-state index contributed by atoms with van der Waals surface area (Å²) in [6.45, 7) is 5.52. The summed E-state index contributed by atoms with van der Waals surface area (Å²) in [6.07, 6.45) is 3.87. The minimum absolute atomic E-state index is 0.329. The van der Waals surface area contributed by atoms with E-state index in [9.17, 15) is 4.79 Å². The molecular weight excluding hydrogens is 192 g/mol. The van der Waals surface area contributed by atoms with Crippen LogP contribution in [0.3, 0.4) is 0 Å². The SMILES string of the molecule is C=NC(Cc1ccncc1)C(=O)OCC. The molecule has 0 saturated heterocycles. The third-order valence-electron chi connectivity index (χ3n) is 1.96. The zero-order valence-electron chi connectivity index (χ0n) is 8.72. The molecule has 0 aliphatic rings. The second-order valence-corrected chi connectivity index (χ2v) is 3.01. The summed E-state index contributed by atoms with van der Waals surface area (Å²) in [5, 5.41) is 0. The van der Waals surface area contributed by atoms with Gasteiger partial charge < -0.3 is 4.74 Å². The largest absolute Gasteiger partial charge is 0.464 e. The molecule has 1 aromatic heterocycles. The first-order chi connectivity index (χ1) is 7.27. The van der Waals surface area contributed by atoms with Crippen LogP contribution < -0.4 is 0 Å². The molecule has 0 aliphatic carbocycles. The summed E-state index contributed by atoms with van der Waals surface area (Å²) < 4.78 is 4.88. The maximum absolute atomic E-state index is 11.4. The summed E-state index contributed by atoms with van der Waals surface area (Å²) >= 11 is 0. The van der Waals surface area contributed by atoms with Gasteiger partial charge in [0, 0.05) is 18.8 Å². The first-order valence-electron chi connectivity index (χ1n) is 4.79. The second-order valence-electron chi connectivity index (χ2n) is 3.01. The maximum atomic E-state index is 11.4. The predicted octanol–water partition coefficient (Wildman–Crippen LogP) is 1.26. The smallest absolute Gasteiger partial charge is 0.331 e. The molecule has 0 radical (unpaired) electrons. The Hall–Kier alpha value is -1.71. The fourth-order valence-electron chi connectivity index (χ4n) is 1.20. The Balaban J connectivity index is 2.62. The summed E-state index contributed by atoms with van der Waals surface area (Å²) in [4.78, 5) is 19.1. The van der Waals surface area contributed by atoms with Gasteiger partial charge in [-0.2, -0.15) is 0 Å². The molecule has 1 unspecified atom stereocenters. The molecule has 0 amide bonds. The monoisotopic (exact) mass is 206 g/mol. The van der Waals surface area contributed by atoms with Crippen LogP contribution in [0.4, 0.5) is 0 Å². The molecule has 0 aromatic carbocycles. The van der Waals surface area contributed by atoms with Crippen LogP contribution in [-0.2, 0) is 16.0 Å². The van der Waals surface area contributed by atoms with Crippen LogP contribution in [0.1, 0.15) is 12.5 Å². The molecule has 1 rings (SSSR count). The van der Waals surface area contributed by atoms with Gasteiger partial charge in [0.05, 0.1) is 6.61 Å². The quantitative estimate of drug-likeness (QED) is 0.538. The number of hydrogen-bond donors (Lipinski definition) is 0. The number of ether oxygens (including phenoxy) is 1. The van der Waals surface area contributed by atoms with E-state index in [2.05, 4.69) is 16.7 Å². The summed E-state index contributed by atoms with van der Waals surface area (Å²) in [6, 6.07) is 3.17. The number of carbonyl (C=O) groups excluding carboxylic acids is 1. The molecule has 80 valence electrons. The van der Waals surface area contributed by atoms with Crippen molar-refractivity contribution < 1.29 is 9.53 Å². The molecule has 0 N–H and O–H groups in total. The highest BCUT2D eigenvalue weighted by molar-refractivity contribution is 5.77. The number of carbonyl (C=O) groups is 1. The Morgan fingerprint density at radius 3 is 2.80 bits per heavy atom. The Morgan fingerprint density at radius 2 is 2.27 bits per heavy atom. The van der Waals surface area contributed by atoms with Crippen LogP contribution >= 0.6 is 0 Å². The molecule has 0 bridgehead atoms. The standard InChI is InChI=1S/C11H14N2O2/c1-3-15-11(14)10(12-2)8-9-4-6-13-7-5-9/h4-7,10H,2-3,8H2,1H3. The number of esters is 1. The Morgan fingerprint density at radius 1 is 1.60 bits per heavy atom. The van der Waals surface area contributed by atoms with Gasteiger partial charge in [-0.15, -0.1) is 0 Å². The fraction of sp³-hybridized carbons (Fsp3) is 0.364. The summed E-state index contributed by atoms with van der Waals surface area (Å²) in [5.74, 6) is -0.329. The molecular formula is C11H14N2O2. The number of aliphatic imine (C=N–C) groups is 1. The molecule has 0 aliphatic heterocycles. The first kappa shape index (κ1) is 11.4. The van der Waals surface area contributed by atoms with Crippen LogP contribution in [0, 0.1) is 0 Å². The third kappa shape index (κ3) is 3.50. The molecule has 1 atom stereocenters. The molecule has 0 spiro atoms. The number of rotatable bonds is 5. The highest BCUT2D eigenvalue weighted by Crippen LogP contribution is 2.06. The normalized spacial score (nSPS) is 11.8. The van der Waals surface area contributed by atoms with E-state index in [1.165, 1.54) is 0 Å².